The maximum absolute atomic E-state index is 9.23. The van der Waals surface area contributed by atoms with Gasteiger partial charge in [-0.2, -0.15) is 0 Å². The van der Waals surface area contributed by atoms with E-state index in [1.54, 1.807) is 6.20 Å². The molecule has 4 nitrogen and oxygen atoms in total. The third-order valence-corrected chi connectivity index (χ3v) is 5.54. The molecule has 0 bridgehead atoms. The smallest absolute Gasteiger partial charge is 0.139 e. The first-order chi connectivity index (χ1) is 11.2. The van der Waals surface area contributed by atoms with Gasteiger partial charge in [0.05, 0.1) is 28.4 Å². The molecular weight excluding hydrogens is 306 g/mol. The van der Waals surface area contributed by atoms with Gasteiger partial charge in [0.2, 0.25) is 0 Å². The van der Waals surface area contributed by atoms with Gasteiger partial charge >= 0.3 is 0 Å². The number of aliphatic hydroxyl groups excluding tert-OH is 1. The van der Waals surface area contributed by atoms with E-state index in [1.165, 1.54) is 53.7 Å². The lowest BCUT2D eigenvalue weighted by atomic mass is 10.1. The number of hydrogen-bond donors (Lipinski definition) is 3. The summed E-state index contributed by atoms with van der Waals surface area (Å²) in [5.74, 6) is 0. The summed E-state index contributed by atoms with van der Waals surface area (Å²) in [6.07, 6.45) is 6.91. The van der Waals surface area contributed by atoms with Crippen LogP contribution in [-0.4, -0.2) is 21.1 Å². The lowest BCUT2D eigenvalue weighted by Crippen LogP contribution is -2.14. The van der Waals surface area contributed by atoms with Crippen molar-refractivity contribution in [2.45, 2.75) is 45.3 Å². The largest absolute Gasteiger partial charge is 0.391 e. The van der Waals surface area contributed by atoms with Crippen molar-refractivity contribution >= 4 is 27.9 Å². The average Bonchev–Trinajstić information content (AvgIpc) is 3.26. The molecule has 0 saturated heterocycles. The van der Waals surface area contributed by atoms with Gasteiger partial charge in [0.15, 0.2) is 0 Å². The molecule has 120 valence electrons. The van der Waals surface area contributed by atoms with Gasteiger partial charge in [-0.15, -0.1) is 11.3 Å². The van der Waals surface area contributed by atoms with Gasteiger partial charge < -0.3 is 15.4 Å². The zero-order valence-electron chi connectivity index (χ0n) is 13.2. The number of anilines is 1. The number of aromatic amines is 1. The van der Waals surface area contributed by atoms with Crippen LogP contribution in [0.25, 0.3) is 21.6 Å². The number of nitrogens with zero attached hydrogens (tertiary/aromatic N) is 1. The molecule has 0 amide bonds. The summed E-state index contributed by atoms with van der Waals surface area (Å²) in [7, 11) is 0. The predicted octanol–water partition coefficient (Wildman–Crippen LogP) is 4.45. The lowest BCUT2D eigenvalue weighted by molar-refractivity contribution is 0.285. The van der Waals surface area contributed by atoms with Crippen LogP contribution >= 0.6 is 11.3 Å². The molecule has 0 radical (unpaired) electrons. The molecule has 1 aliphatic carbocycles. The fourth-order valence-electron chi connectivity index (χ4n) is 3.42. The third kappa shape index (κ3) is 2.86. The Kier molecular flexibility index (Phi) is 3.83. The summed E-state index contributed by atoms with van der Waals surface area (Å²) in [5.41, 5.74) is 4.62. The van der Waals surface area contributed by atoms with Crippen molar-refractivity contribution in [1.82, 2.24) is 9.97 Å². The van der Waals surface area contributed by atoms with Crippen molar-refractivity contribution in [3.05, 3.63) is 34.8 Å². The van der Waals surface area contributed by atoms with Crippen molar-refractivity contribution in [3.63, 3.8) is 0 Å². The molecule has 5 heteroatoms. The van der Waals surface area contributed by atoms with Gasteiger partial charge in [0.25, 0.3) is 0 Å². The summed E-state index contributed by atoms with van der Waals surface area (Å²) < 4.78 is 0. The maximum atomic E-state index is 9.23. The average molecular weight is 327 g/mol. The summed E-state index contributed by atoms with van der Waals surface area (Å²) in [5, 5.41) is 15.1. The first-order valence-electron chi connectivity index (χ1n) is 8.19. The van der Waals surface area contributed by atoms with Crippen LogP contribution in [0, 0.1) is 6.92 Å². The first kappa shape index (κ1) is 14.7. The molecule has 0 spiro atoms. The van der Waals surface area contributed by atoms with E-state index < -0.39 is 0 Å². The highest BCUT2D eigenvalue weighted by atomic mass is 32.1. The number of aromatic nitrogens is 2. The third-order valence-electron chi connectivity index (χ3n) is 4.53. The summed E-state index contributed by atoms with van der Waals surface area (Å²) >= 11 is 1.53. The highest BCUT2D eigenvalue weighted by Gasteiger charge is 2.17. The van der Waals surface area contributed by atoms with E-state index in [-0.39, 0.29) is 6.61 Å². The van der Waals surface area contributed by atoms with E-state index in [9.17, 15) is 5.11 Å². The second-order valence-corrected chi connectivity index (χ2v) is 7.49. The number of hydrogen-bond acceptors (Lipinski definition) is 4. The molecule has 3 N–H and O–H groups in total. The van der Waals surface area contributed by atoms with Crippen LogP contribution in [0.5, 0.6) is 0 Å². The number of rotatable bonds is 4. The normalized spacial score (nSPS) is 15.6. The Bertz CT molecular complexity index is 830. The number of benzene rings is 1. The zero-order chi connectivity index (χ0) is 15.8. The molecule has 1 aromatic carbocycles. The quantitative estimate of drug-likeness (QED) is 0.663. The molecular formula is C18H21N3OS. The van der Waals surface area contributed by atoms with Crippen LogP contribution in [0.1, 0.15) is 36.1 Å². The minimum absolute atomic E-state index is 0.0471. The molecule has 2 heterocycles. The van der Waals surface area contributed by atoms with E-state index in [4.69, 9.17) is 0 Å². The molecule has 0 aliphatic heterocycles. The monoisotopic (exact) mass is 327 g/mol. The van der Waals surface area contributed by atoms with Gasteiger partial charge in [-0.1, -0.05) is 12.8 Å². The summed E-state index contributed by atoms with van der Waals surface area (Å²) in [6.45, 7) is 2.19. The minimum atomic E-state index is 0.0471. The highest BCUT2D eigenvalue weighted by Crippen LogP contribution is 2.33. The van der Waals surface area contributed by atoms with Crippen molar-refractivity contribution in [1.29, 1.82) is 0 Å². The summed E-state index contributed by atoms with van der Waals surface area (Å²) in [4.78, 5) is 8.83. The van der Waals surface area contributed by atoms with Crippen LogP contribution in [0.15, 0.2) is 24.4 Å². The van der Waals surface area contributed by atoms with E-state index >= 15 is 0 Å². The minimum Gasteiger partial charge on any atom is -0.391 e. The number of fused-ring (bicyclic) bond motifs is 1. The van der Waals surface area contributed by atoms with Crippen LogP contribution in [0.3, 0.4) is 0 Å². The molecule has 2 aromatic heterocycles. The zero-order valence-corrected chi connectivity index (χ0v) is 14.0. The van der Waals surface area contributed by atoms with Gasteiger partial charge in [-0.3, -0.25) is 0 Å². The number of aliphatic hydroxyl groups is 1. The lowest BCUT2D eigenvalue weighted by Gasteiger charge is -2.15. The van der Waals surface area contributed by atoms with Crippen LogP contribution < -0.4 is 5.32 Å². The molecule has 0 atom stereocenters. The van der Waals surface area contributed by atoms with Gasteiger partial charge in [0, 0.05) is 17.6 Å². The number of thiazole rings is 1. The van der Waals surface area contributed by atoms with Crippen molar-refractivity contribution in [3.8, 4) is 10.7 Å². The van der Waals surface area contributed by atoms with Crippen LogP contribution in [0.2, 0.25) is 0 Å². The second kappa shape index (κ2) is 5.98. The number of aryl methyl sites for hydroxylation is 1. The topological polar surface area (TPSA) is 60.9 Å². The van der Waals surface area contributed by atoms with E-state index in [0.717, 1.165) is 21.1 Å². The van der Waals surface area contributed by atoms with Gasteiger partial charge in [0.1, 0.15) is 5.01 Å². The SMILES string of the molecule is Cc1cc(NC2CCCC2)c2[nH]c(-c3ncc(CO)s3)cc2c1. The number of nitrogens with one attached hydrogen (secondary N) is 2. The van der Waals surface area contributed by atoms with Crippen molar-refractivity contribution in [2.24, 2.45) is 0 Å². The molecule has 23 heavy (non-hydrogen) atoms. The van der Waals surface area contributed by atoms with Gasteiger partial charge in [-0.25, -0.2) is 4.98 Å². The number of H-pyrrole nitrogens is 1. The van der Waals surface area contributed by atoms with Crippen molar-refractivity contribution < 1.29 is 5.11 Å². The highest BCUT2D eigenvalue weighted by molar-refractivity contribution is 7.14. The summed E-state index contributed by atoms with van der Waals surface area (Å²) in [6, 6.07) is 7.17. The maximum Gasteiger partial charge on any atom is 0.139 e. The van der Waals surface area contributed by atoms with Crippen LogP contribution in [-0.2, 0) is 6.61 Å². The van der Waals surface area contributed by atoms with E-state index in [1.807, 2.05) is 0 Å². The fraction of sp³-hybridized carbons (Fsp3) is 0.389. The standard InChI is InChI=1S/C18H21N3OS/c1-11-6-12-8-16(18-19-9-14(10-22)23-18)21-17(12)15(7-11)20-13-4-2-3-5-13/h6-9,13,20-22H,2-5,10H2,1H3. The molecule has 3 aromatic rings. The Morgan fingerprint density at radius 3 is 2.87 bits per heavy atom. The van der Waals surface area contributed by atoms with Crippen LogP contribution in [0.4, 0.5) is 5.69 Å². The Morgan fingerprint density at radius 1 is 1.30 bits per heavy atom. The second-order valence-electron chi connectivity index (χ2n) is 6.38. The molecule has 1 saturated carbocycles. The Morgan fingerprint density at radius 2 is 2.13 bits per heavy atom. The Balaban J connectivity index is 1.74. The molecule has 0 unspecified atom stereocenters. The molecule has 1 fully saturated rings. The van der Waals surface area contributed by atoms with E-state index in [0.29, 0.717) is 6.04 Å². The Hall–Kier alpha value is -1.85. The van der Waals surface area contributed by atoms with Crippen molar-refractivity contribution in [2.75, 3.05) is 5.32 Å². The predicted molar refractivity (Wildman–Crippen MR) is 95.9 cm³/mol. The molecule has 1 aliphatic rings. The van der Waals surface area contributed by atoms with Gasteiger partial charge in [-0.05, 0) is 43.5 Å². The Labute approximate surface area is 139 Å². The fourth-order valence-corrected chi connectivity index (χ4v) is 4.16. The molecule has 4 rings (SSSR count). The first-order valence-corrected chi connectivity index (χ1v) is 9.00. The van der Waals surface area contributed by atoms with E-state index in [2.05, 4.69) is 40.4 Å².